The summed E-state index contributed by atoms with van der Waals surface area (Å²) in [7, 11) is 7.00. The molecule has 0 heterocycles. The number of hydrogen-bond acceptors (Lipinski definition) is 4. The molecule has 18 heavy (non-hydrogen) atoms. The molecule has 1 rings (SSSR count). The first-order valence-electron chi connectivity index (χ1n) is 5.59. The van der Waals surface area contributed by atoms with Crippen LogP contribution in [0.2, 0.25) is 0 Å². The molecular weight excluding hydrogens is 298 g/mol. The minimum atomic E-state index is 0.0592. The van der Waals surface area contributed by atoms with Gasteiger partial charge in [0, 0.05) is 13.0 Å². The van der Waals surface area contributed by atoms with E-state index < -0.39 is 0 Å². The second-order valence-electron chi connectivity index (χ2n) is 4.14. The maximum Gasteiger partial charge on any atom is 0.167 e. The highest BCUT2D eigenvalue weighted by Gasteiger charge is 2.18. The Labute approximate surface area is 116 Å². The van der Waals surface area contributed by atoms with Gasteiger partial charge in [-0.3, -0.25) is 4.79 Å². The smallest absolute Gasteiger partial charge is 0.167 e. The van der Waals surface area contributed by atoms with Crippen molar-refractivity contribution in [2.75, 3.05) is 34.9 Å². The van der Waals surface area contributed by atoms with E-state index in [4.69, 9.17) is 9.47 Å². The second kappa shape index (κ2) is 6.75. The zero-order valence-electron chi connectivity index (χ0n) is 11.1. The zero-order chi connectivity index (χ0) is 13.7. The quantitative estimate of drug-likeness (QED) is 0.756. The number of methoxy groups -OCH3 is 2. The highest BCUT2D eigenvalue weighted by Crippen LogP contribution is 2.37. The number of ketones is 1. The first kappa shape index (κ1) is 15.0. The molecule has 0 aromatic heterocycles. The number of benzene rings is 1. The lowest BCUT2D eigenvalue weighted by Gasteiger charge is -2.13. The van der Waals surface area contributed by atoms with Crippen molar-refractivity contribution >= 4 is 21.7 Å². The fourth-order valence-electron chi connectivity index (χ4n) is 1.57. The van der Waals surface area contributed by atoms with Gasteiger partial charge in [-0.1, -0.05) is 0 Å². The van der Waals surface area contributed by atoms with Crippen LogP contribution in [0.15, 0.2) is 16.6 Å². The van der Waals surface area contributed by atoms with E-state index in [1.165, 1.54) is 0 Å². The third-order valence-electron chi connectivity index (χ3n) is 2.57. The van der Waals surface area contributed by atoms with Crippen molar-refractivity contribution in [1.82, 2.24) is 4.90 Å². The van der Waals surface area contributed by atoms with Crippen LogP contribution in [0.4, 0.5) is 0 Å². The van der Waals surface area contributed by atoms with Crippen molar-refractivity contribution < 1.29 is 14.3 Å². The number of Topliss-reactive ketones (excluding diaryl/α,β-unsaturated/α-hetero) is 1. The van der Waals surface area contributed by atoms with Crippen molar-refractivity contribution in [3.05, 3.63) is 22.2 Å². The molecule has 0 saturated heterocycles. The molecule has 0 spiro atoms. The molecule has 0 saturated carbocycles. The number of hydrogen-bond donors (Lipinski definition) is 0. The largest absolute Gasteiger partial charge is 0.495 e. The second-order valence-corrected chi connectivity index (χ2v) is 4.93. The molecule has 0 aliphatic rings. The predicted molar refractivity (Wildman–Crippen MR) is 74.7 cm³/mol. The number of halogens is 1. The van der Waals surface area contributed by atoms with Crippen LogP contribution in [-0.4, -0.2) is 45.5 Å². The van der Waals surface area contributed by atoms with Gasteiger partial charge in [0.25, 0.3) is 0 Å². The Hall–Kier alpha value is -1.07. The maximum atomic E-state index is 12.1. The van der Waals surface area contributed by atoms with Gasteiger partial charge in [-0.05, 0) is 42.2 Å². The Bertz CT molecular complexity index is 432. The van der Waals surface area contributed by atoms with Crippen LogP contribution in [0.1, 0.15) is 16.8 Å². The first-order valence-corrected chi connectivity index (χ1v) is 6.39. The van der Waals surface area contributed by atoms with Crippen molar-refractivity contribution in [3.63, 3.8) is 0 Å². The van der Waals surface area contributed by atoms with E-state index in [2.05, 4.69) is 15.9 Å². The molecule has 1 aromatic carbocycles. The van der Waals surface area contributed by atoms with Crippen molar-refractivity contribution in [2.24, 2.45) is 0 Å². The molecule has 0 N–H and O–H groups in total. The number of carbonyl (C=O) groups excluding carboxylic acids is 1. The van der Waals surface area contributed by atoms with E-state index in [-0.39, 0.29) is 5.78 Å². The molecule has 100 valence electrons. The van der Waals surface area contributed by atoms with Crippen LogP contribution in [0.25, 0.3) is 0 Å². The molecule has 0 fully saturated rings. The molecule has 5 heteroatoms. The Kier molecular flexibility index (Phi) is 5.62. The Morgan fingerprint density at radius 3 is 2.44 bits per heavy atom. The lowest BCUT2D eigenvalue weighted by Crippen LogP contribution is -2.17. The lowest BCUT2D eigenvalue weighted by molar-refractivity contribution is 0.0969. The SMILES string of the molecule is COc1ccc(C(=O)CCN(C)C)c(OC)c1Br. The summed E-state index contributed by atoms with van der Waals surface area (Å²) >= 11 is 3.39. The van der Waals surface area contributed by atoms with Gasteiger partial charge in [0.1, 0.15) is 16.0 Å². The van der Waals surface area contributed by atoms with E-state index in [0.717, 1.165) is 0 Å². The van der Waals surface area contributed by atoms with E-state index in [1.54, 1.807) is 26.4 Å². The molecule has 0 atom stereocenters. The highest BCUT2D eigenvalue weighted by molar-refractivity contribution is 9.10. The van der Waals surface area contributed by atoms with Crippen LogP contribution in [0.3, 0.4) is 0 Å². The summed E-state index contributed by atoms with van der Waals surface area (Å²) < 4.78 is 11.1. The molecule has 4 nitrogen and oxygen atoms in total. The average Bonchev–Trinajstić information content (AvgIpc) is 2.35. The molecular formula is C13H18BrNO3. The predicted octanol–water partition coefficient (Wildman–Crippen LogP) is 2.60. The highest BCUT2D eigenvalue weighted by atomic mass is 79.9. The number of ether oxygens (including phenoxy) is 2. The van der Waals surface area contributed by atoms with Crippen LogP contribution < -0.4 is 9.47 Å². The van der Waals surface area contributed by atoms with Crippen molar-refractivity contribution in [2.45, 2.75) is 6.42 Å². The van der Waals surface area contributed by atoms with Gasteiger partial charge in [0.15, 0.2) is 5.78 Å². The van der Waals surface area contributed by atoms with Crippen molar-refractivity contribution in [1.29, 1.82) is 0 Å². The standard InChI is InChI=1S/C13H18BrNO3/c1-15(2)8-7-10(16)9-5-6-11(17-3)12(14)13(9)18-4/h5-6H,7-8H2,1-4H3. The van der Waals surface area contributed by atoms with Gasteiger partial charge in [-0.25, -0.2) is 0 Å². The minimum Gasteiger partial charge on any atom is -0.495 e. The van der Waals surface area contributed by atoms with E-state index in [1.807, 2.05) is 19.0 Å². The van der Waals surface area contributed by atoms with Crippen LogP contribution in [-0.2, 0) is 0 Å². The summed E-state index contributed by atoms with van der Waals surface area (Å²) in [6.45, 7) is 0.714. The Morgan fingerprint density at radius 1 is 1.28 bits per heavy atom. The number of rotatable bonds is 6. The molecule has 0 radical (unpaired) electrons. The molecule has 0 bridgehead atoms. The van der Waals surface area contributed by atoms with Gasteiger partial charge < -0.3 is 14.4 Å². The monoisotopic (exact) mass is 315 g/mol. The summed E-state index contributed by atoms with van der Waals surface area (Å²) in [5.41, 5.74) is 0.576. The van der Waals surface area contributed by atoms with Gasteiger partial charge in [-0.15, -0.1) is 0 Å². The minimum absolute atomic E-state index is 0.0592. The average molecular weight is 316 g/mol. The molecule has 0 aliphatic carbocycles. The Balaban J connectivity index is 3.02. The van der Waals surface area contributed by atoms with E-state index in [9.17, 15) is 4.79 Å². The van der Waals surface area contributed by atoms with Gasteiger partial charge in [0.2, 0.25) is 0 Å². The van der Waals surface area contributed by atoms with Crippen LogP contribution in [0.5, 0.6) is 11.5 Å². The summed E-state index contributed by atoms with van der Waals surface area (Å²) in [6, 6.07) is 3.50. The zero-order valence-corrected chi connectivity index (χ0v) is 12.7. The van der Waals surface area contributed by atoms with Crippen molar-refractivity contribution in [3.8, 4) is 11.5 Å². The number of nitrogens with zero attached hydrogens (tertiary/aromatic N) is 1. The normalized spacial score (nSPS) is 10.6. The van der Waals surface area contributed by atoms with Gasteiger partial charge >= 0.3 is 0 Å². The van der Waals surface area contributed by atoms with E-state index in [0.29, 0.717) is 34.5 Å². The third kappa shape index (κ3) is 3.46. The van der Waals surface area contributed by atoms with E-state index >= 15 is 0 Å². The summed E-state index contributed by atoms with van der Waals surface area (Å²) in [4.78, 5) is 14.1. The lowest BCUT2D eigenvalue weighted by atomic mass is 10.1. The molecule has 0 amide bonds. The summed E-state index contributed by atoms with van der Waals surface area (Å²) in [5.74, 6) is 1.23. The topological polar surface area (TPSA) is 38.8 Å². The first-order chi connectivity index (χ1) is 8.51. The number of carbonyl (C=O) groups is 1. The van der Waals surface area contributed by atoms with Gasteiger partial charge in [0.05, 0.1) is 19.8 Å². The third-order valence-corrected chi connectivity index (χ3v) is 3.32. The Morgan fingerprint density at radius 2 is 1.94 bits per heavy atom. The fourth-order valence-corrected chi connectivity index (χ4v) is 2.24. The summed E-state index contributed by atoms with van der Waals surface area (Å²) in [6.07, 6.45) is 0.460. The molecule has 1 aromatic rings. The van der Waals surface area contributed by atoms with Gasteiger partial charge in [-0.2, -0.15) is 0 Å². The molecule has 0 unspecified atom stereocenters. The maximum absolute atomic E-state index is 12.1. The molecule has 0 aliphatic heterocycles. The summed E-state index contributed by atoms with van der Waals surface area (Å²) in [5, 5.41) is 0. The fraction of sp³-hybridized carbons (Fsp3) is 0.462. The van der Waals surface area contributed by atoms with Crippen LogP contribution in [0, 0.1) is 0 Å². The van der Waals surface area contributed by atoms with Crippen LogP contribution >= 0.6 is 15.9 Å².